The van der Waals surface area contributed by atoms with E-state index in [2.05, 4.69) is 24.7 Å². The number of hydrogen-bond acceptors (Lipinski definition) is 8. The van der Waals surface area contributed by atoms with Crippen molar-refractivity contribution in [3.63, 3.8) is 0 Å². The number of benzene rings is 1. The van der Waals surface area contributed by atoms with Crippen LogP contribution in [-0.4, -0.2) is 83.0 Å². The van der Waals surface area contributed by atoms with Crippen LogP contribution in [0.1, 0.15) is 12.1 Å². The summed E-state index contributed by atoms with van der Waals surface area (Å²) in [5.74, 6) is 1.90. The molecule has 1 N–H and O–H groups in total. The van der Waals surface area contributed by atoms with Crippen LogP contribution in [-0.2, 0) is 14.8 Å². The lowest BCUT2D eigenvalue weighted by atomic mass is 10.2. The largest absolute Gasteiger partial charge is 0.353 e. The van der Waals surface area contributed by atoms with E-state index >= 15 is 0 Å². The third kappa shape index (κ3) is 5.28. The highest BCUT2D eigenvalue weighted by Gasteiger charge is 2.31. The molecule has 10 nitrogen and oxygen atoms in total. The summed E-state index contributed by atoms with van der Waals surface area (Å²) >= 11 is 1.58. The molecule has 1 amide bonds. The van der Waals surface area contributed by atoms with Crippen molar-refractivity contribution in [2.75, 3.05) is 43.1 Å². The van der Waals surface area contributed by atoms with Crippen molar-refractivity contribution in [2.45, 2.75) is 24.3 Å². The Morgan fingerprint density at radius 2 is 1.91 bits per heavy atom. The van der Waals surface area contributed by atoms with Crippen molar-refractivity contribution in [1.82, 2.24) is 29.2 Å². The molecule has 0 spiro atoms. The molecule has 12 heteroatoms. The Morgan fingerprint density at radius 3 is 2.61 bits per heavy atom. The fourth-order valence-electron chi connectivity index (χ4n) is 3.84. The Morgan fingerprint density at radius 1 is 1.18 bits per heavy atom. The van der Waals surface area contributed by atoms with E-state index in [1.165, 1.54) is 18.5 Å². The van der Waals surface area contributed by atoms with E-state index in [0.29, 0.717) is 44.1 Å². The lowest BCUT2D eigenvalue weighted by Gasteiger charge is -2.37. The first kappa shape index (κ1) is 23.5. The highest BCUT2D eigenvalue weighted by molar-refractivity contribution is 7.98. The van der Waals surface area contributed by atoms with Gasteiger partial charge in [0.15, 0.2) is 0 Å². The summed E-state index contributed by atoms with van der Waals surface area (Å²) in [6, 6.07) is 9.29. The van der Waals surface area contributed by atoms with E-state index in [0.717, 1.165) is 11.5 Å². The number of fused-ring (bicyclic) bond motifs is 1. The van der Waals surface area contributed by atoms with Crippen molar-refractivity contribution < 1.29 is 13.2 Å². The summed E-state index contributed by atoms with van der Waals surface area (Å²) in [5, 5.41) is 4.26. The maximum absolute atomic E-state index is 13.3. The summed E-state index contributed by atoms with van der Waals surface area (Å²) < 4.78 is 30.0. The zero-order valence-corrected chi connectivity index (χ0v) is 20.2. The lowest BCUT2D eigenvalue weighted by molar-refractivity contribution is -0.133. The number of thioether (sulfide) groups is 1. The molecule has 0 aliphatic carbocycles. The van der Waals surface area contributed by atoms with E-state index in [9.17, 15) is 13.2 Å². The van der Waals surface area contributed by atoms with Crippen LogP contribution in [0.2, 0.25) is 0 Å². The van der Waals surface area contributed by atoms with Gasteiger partial charge >= 0.3 is 0 Å². The molecule has 1 aliphatic rings. The molecular formula is C21H27N7O3S2. The second-order valence-electron chi connectivity index (χ2n) is 7.81. The van der Waals surface area contributed by atoms with Gasteiger partial charge in [-0.15, -0.1) is 0 Å². The van der Waals surface area contributed by atoms with Crippen LogP contribution in [0, 0.1) is 6.92 Å². The van der Waals surface area contributed by atoms with E-state index in [1.54, 1.807) is 39.4 Å². The average molecular weight is 490 g/mol. The molecule has 1 atom stereocenters. The number of hydrogen-bond donors (Lipinski definition) is 1. The molecule has 176 valence electrons. The van der Waals surface area contributed by atoms with Gasteiger partial charge in [-0.2, -0.15) is 31.1 Å². The van der Waals surface area contributed by atoms with Crippen molar-refractivity contribution in [3.8, 4) is 0 Å². The van der Waals surface area contributed by atoms with Crippen LogP contribution in [0.25, 0.3) is 5.78 Å². The number of carbonyl (C=O) groups excluding carboxylic acids is 1. The number of aromatic nitrogens is 4. The van der Waals surface area contributed by atoms with Crippen LogP contribution in [0.15, 0.2) is 47.6 Å². The van der Waals surface area contributed by atoms with Gasteiger partial charge in [0.05, 0.1) is 4.90 Å². The maximum Gasteiger partial charge on any atom is 0.254 e. The number of sulfonamides is 1. The molecule has 2 aromatic heterocycles. The zero-order chi connectivity index (χ0) is 23.4. The minimum atomic E-state index is -3.79. The number of nitrogens with one attached hydrogen (secondary N) is 1. The first-order chi connectivity index (χ1) is 15.9. The first-order valence-electron chi connectivity index (χ1n) is 10.7. The number of carbonyl (C=O) groups is 1. The second kappa shape index (κ2) is 10.1. The normalized spacial score (nSPS) is 15.7. The maximum atomic E-state index is 13.3. The van der Waals surface area contributed by atoms with Crippen molar-refractivity contribution in [3.05, 3.63) is 48.4 Å². The molecule has 4 rings (SSSR count). The van der Waals surface area contributed by atoms with Gasteiger partial charge in [0, 0.05) is 37.9 Å². The Hall–Kier alpha value is -2.70. The third-order valence-electron chi connectivity index (χ3n) is 5.54. The third-order valence-corrected chi connectivity index (χ3v) is 7.67. The average Bonchev–Trinajstić information content (AvgIpc) is 3.30. The fourth-order valence-corrected chi connectivity index (χ4v) is 5.55. The van der Waals surface area contributed by atoms with Crippen LogP contribution in [0.3, 0.4) is 0 Å². The van der Waals surface area contributed by atoms with Crippen molar-refractivity contribution in [2.24, 2.45) is 0 Å². The summed E-state index contributed by atoms with van der Waals surface area (Å²) in [7, 11) is -3.79. The molecule has 0 bridgehead atoms. The van der Waals surface area contributed by atoms with Gasteiger partial charge < -0.3 is 9.80 Å². The zero-order valence-electron chi connectivity index (χ0n) is 18.6. The van der Waals surface area contributed by atoms with Gasteiger partial charge in [-0.05, 0) is 37.5 Å². The van der Waals surface area contributed by atoms with Crippen LogP contribution in [0.5, 0.6) is 0 Å². The monoisotopic (exact) mass is 489 g/mol. The SMILES string of the molecule is CSCCC(NS(=O)(=O)c1ccccc1)C(=O)N1CCN(c2cc(C)nc3ncnn23)CC1. The standard InChI is InChI=1S/C21H27N7O3S2/c1-16-14-19(28-21(24-16)22-15-23-28)26-9-11-27(12-10-26)20(29)18(8-13-32-2)25-33(30,31)17-6-4-3-5-7-17/h3-7,14-15,18,25H,8-13H2,1-2H3. The van der Waals surface area contributed by atoms with Crippen LogP contribution >= 0.6 is 11.8 Å². The quantitative estimate of drug-likeness (QED) is 0.502. The Kier molecular flexibility index (Phi) is 7.15. The molecule has 0 saturated carbocycles. The summed E-state index contributed by atoms with van der Waals surface area (Å²) in [5.41, 5.74) is 0.844. The first-order valence-corrected chi connectivity index (χ1v) is 13.5. The predicted molar refractivity (Wildman–Crippen MR) is 128 cm³/mol. The smallest absolute Gasteiger partial charge is 0.254 e. The van der Waals surface area contributed by atoms with E-state index in [1.807, 2.05) is 19.2 Å². The van der Waals surface area contributed by atoms with Crippen molar-refractivity contribution in [1.29, 1.82) is 0 Å². The number of anilines is 1. The van der Waals surface area contributed by atoms with Gasteiger partial charge in [-0.1, -0.05) is 18.2 Å². The summed E-state index contributed by atoms with van der Waals surface area (Å²) in [6.45, 7) is 4.08. The topological polar surface area (TPSA) is 113 Å². The molecule has 1 aliphatic heterocycles. The molecular weight excluding hydrogens is 462 g/mol. The fraction of sp³-hybridized carbons (Fsp3) is 0.429. The number of nitrogens with zero attached hydrogens (tertiary/aromatic N) is 6. The van der Waals surface area contributed by atoms with Gasteiger partial charge in [-0.25, -0.2) is 13.4 Å². The Labute approximate surface area is 197 Å². The number of amides is 1. The molecule has 3 heterocycles. The van der Waals surface area contributed by atoms with E-state index < -0.39 is 16.1 Å². The molecule has 3 aromatic rings. The summed E-state index contributed by atoms with van der Waals surface area (Å²) in [4.78, 5) is 25.9. The van der Waals surface area contributed by atoms with Crippen LogP contribution in [0.4, 0.5) is 5.82 Å². The predicted octanol–water partition coefficient (Wildman–Crippen LogP) is 1.18. The van der Waals surface area contributed by atoms with Gasteiger partial charge in [0.2, 0.25) is 15.9 Å². The molecule has 1 unspecified atom stereocenters. The highest BCUT2D eigenvalue weighted by Crippen LogP contribution is 2.19. The number of piperazine rings is 1. The summed E-state index contributed by atoms with van der Waals surface area (Å²) in [6.07, 6.45) is 3.84. The molecule has 1 saturated heterocycles. The Balaban J connectivity index is 1.46. The van der Waals surface area contributed by atoms with E-state index in [4.69, 9.17) is 0 Å². The van der Waals surface area contributed by atoms with E-state index in [-0.39, 0.29) is 10.8 Å². The molecule has 0 radical (unpaired) electrons. The molecule has 33 heavy (non-hydrogen) atoms. The van der Waals surface area contributed by atoms with Gasteiger partial charge in [0.25, 0.3) is 5.78 Å². The minimum absolute atomic E-state index is 0.154. The van der Waals surface area contributed by atoms with Gasteiger partial charge in [-0.3, -0.25) is 4.79 Å². The van der Waals surface area contributed by atoms with Crippen LogP contribution < -0.4 is 9.62 Å². The second-order valence-corrected chi connectivity index (χ2v) is 10.5. The minimum Gasteiger partial charge on any atom is -0.353 e. The number of aryl methyl sites for hydroxylation is 1. The molecule has 1 fully saturated rings. The lowest BCUT2D eigenvalue weighted by Crippen LogP contribution is -2.55. The van der Waals surface area contributed by atoms with Crippen molar-refractivity contribution >= 4 is 39.3 Å². The number of rotatable bonds is 8. The van der Waals surface area contributed by atoms with Gasteiger partial charge in [0.1, 0.15) is 18.2 Å². The molecule has 1 aromatic carbocycles. The highest BCUT2D eigenvalue weighted by atomic mass is 32.2. The Bertz CT molecular complexity index is 1210.